The fourth-order valence-electron chi connectivity index (χ4n) is 7.07. The van der Waals surface area contributed by atoms with Gasteiger partial charge in [0.1, 0.15) is 11.2 Å². The molecule has 6 unspecified atom stereocenters. The van der Waals surface area contributed by atoms with Gasteiger partial charge in [-0.05, 0) is 64.2 Å². The molecule has 4 aliphatic carbocycles. The largest absolute Gasteiger partial charge is 0.454 e. The summed E-state index contributed by atoms with van der Waals surface area (Å²) in [6, 6.07) is 0. The van der Waals surface area contributed by atoms with Gasteiger partial charge in [-0.2, -0.15) is 0 Å². The summed E-state index contributed by atoms with van der Waals surface area (Å²) in [6.45, 7) is 21.4. The first-order valence-electron chi connectivity index (χ1n) is 15.1. The van der Waals surface area contributed by atoms with E-state index >= 15 is 0 Å². The minimum atomic E-state index is -0.705. The maximum atomic E-state index is 14.1. The smallest absolute Gasteiger partial charge is 0.311 e. The van der Waals surface area contributed by atoms with Crippen LogP contribution in [0.1, 0.15) is 82.1 Å². The zero-order valence-corrected chi connectivity index (χ0v) is 25.8. The molecule has 1 fully saturated rings. The van der Waals surface area contributed by atoms with Crippen molar-refractivity contribution in [1.82, 2.24) is 0 Å². The van der Waals surface area contributed by atoms with Gasteiger partial charge >= 0.3 is 11.9 Å². The number of ether oxygens (including phenoxy) is 2. The molecule has 4 aliphatic rings. The van der Waals surface area contributed by atoms with E-state index in [4.69, 9.17) is 9.47 Å². The number of fused-ring (bicyclic) bond motifs is 2. The molecule has 6 atom stereocenters. The average molecular weight is 535 g/mol. The second-order valence-electron chi connectivity index (χ2n) is 14.2. The summed E-state index contributed by atoms with van der Waals surface area (Å²) in [5, 5.41) is 0. The minimum Gasteiger partial charge on any atom is -0.454 e. The van der Waals surface area contributed by atoms with Crippen LogP contribution in [0.15, 0.2) is 59.8 Å². The van der Waals surface area contributed by atoms with Gasteiger partial charge in [0, 0.05) is 12.8 Å². The van der Waals surface area contributed by atoms with Gasteiger partial charge in [0.2, 0.25) is 0 Å². The summed E-state index contributed by atoms with van der Waals surface area (Å²) < 4.78 is 12.9. The van der Waals surface area contributed by atoms with Crippen LogP contribution in [0.5, 0.6) is 0 Å². The number of hydrogen-bond acceptors (Lipinski definition) is 4. The Hall–Kier alpha value is -2.36. The highest BCUT2D eigenvalue weighted by molar-refractivity contribution is 5.85. The Morgan fingerprint density at radius 1 is 0.692 bits per heavy atom. The Morgan fingerprint density at radius 2 is 1.05 bits per heavy atom. The number of esters is 2. The lowest BCUT2D eigenvalue weighted by molar-refractivity contribution is -0.177. The van der Waals surface area contributed by atoms with Crippen LogP contribution < -0.4 is 0 Å². The van der Waals surface area contributed by atoms with E-state index in [1.165, 1.54) is 11.1 Å². The van der Waals surface area contributed by atoms with Crippen LogP contribution >= 0.6 is 0 Å². The summed E-state index contributed by atoms with van der Waals surface area (Å²) in [5.74, 6) is -0.727. The highest BCUT2D eigenvalue weighted by atomic mass is 16.6. The molecular formula is C35H50O4. The summed E-state index contributed by atoms with van der Waals surface area (Å²) in [6.07, 6.45) is 18.3. The number of allylic oxidation sites excluding steroid dienone is 6. The van der Waals surface area contributed by atoms with Crippen LogP contribution in [0.3, 0.4) is 0 Å². The van der Waals surface area contributed by atoms with Gasteiger partial charge in [0.05, 0.1) is 11.8 Å². The molecule has 4 rings (SSSR count). The quantitative estimate of drug-likeness (QED) is 0.234. The molecule has 1 saturated carbocycles. The highest BCUT2D eigenvalue weighted by Gasteiger charge is 2.63. The molecule has 0 heterocycles. The first kappa shape index (κ1) is 29.6. The summed E-state index contributed by atoms with van der Waals surface area (Å²) in [7, 11) is 0. The Morgan fingerprint density at radius 3 is 1.31 bits per heavy atom. The monoisotopic (exact) mass is 534 g/mol. The number of carbonyl (C=O) groups is 2. The third-order valence-corrected chi connectivity index (χ3v) is 10.2. The molecule has 214 valence electrons. The number of hydrogen-bond donors (Lipinski definition) is 0. The van der Waals surface area contributed by atoms with Crippen molar-refractivity contribution in [3.63, 3.8) is 0 Å². The van der Waals surface area contributed by atoms with Crippen molar-refractivity contribution in [3.05, 3.63) is 59.8 Å². The van der Waals surface area contributed by atoms with Crippen LogP contribution in [-0.2, 0) is 19.1 Å². The molecule has 0 N–H and O–H groups in total. The van der Waals surface area contributed by atoms with Crippen molar-refractivity contribution in [2.75, 3.05) is 0 Å². The van der Waals surface area contributed by atoms with Crippen molar-refractivity contribution in [3.8, 4) is 0 Å². The first-order valence-corrected chi connectivity index (χ1v) is 15.1. The van der Waals surface area contributed by atoms with Crippen LogP contribution in [0, 0.1) is 52.8 Å². The molecule has 39 heavy (non-hydrogen) atoms. The lowest BCUT2D eigenvalue weighted by Crippen LogP contribution is -2.46. The normalized spacial score (nSPS) is 34.7. The van der Waals surface area contributed by atoms with Gasteiger partial charge in [0.15, 0.2) is 0 Å². The lowest BCUT2D eigenvalue weighted by atomic mass is 9.79. The minimum absolute atomic E-state index is 0.0598. The van der Waals surface area contributed by atoms with Crippen LogP contribution in [-0.4, -0.2) is 23.1 Å². The first-order chi connectivity index (χ1) is 18.1. The molecule has 4 nitrogen and oxygen atoms in total. The fraction of sp³-hybridized carbons (Fsp3) is 0.657. The molecule has 0 amide bonds. The molecule has 0 radical (unpaired) electrons. The van der Waals surface area contributed by atoms with Gasteiger partial charge in [0.25, 0.3) is 0 Å². The molecule has 0 saturated heterocycles. The summed E-state index contributed by atoms with van der Waals surface area (Å²) >= 11 is 0. The second-order valence-corrected chi connectivity index (χ2v) is 14.2. The summed E-state index contributed by atoms with van der Waals surface area (Å²) in [4.78, 5) is 28.2. The average Bonchev–Trinajstić information content (AvgIpc) is 3.28. The van der Waals surface area contributed by atoms with E-state index in [2.05, 4.69) is 118 Å². The van der Waals surface area contributed by atoms with E-state index in [9.17, 15) is 9.59 Å². The maximum Gasteiger partial charge on any atom is 0.311 e. The Bertz CT molecular complexity index is 1040. The SMILES string of the molecule is CC(C)C1=CCC(OC(=O)C2C(C(=O)OC3(C(C)C)C=CC(C(C)C)=CC3)C3C=CC2C3(C)C)(C(C)C)C=C1. The zero-order chi connectivity index (χ0) is 28.9. The predicted molar refractivity (Wildman–Crippen MR) is 158 cm³/mol. The Balaban J connectivity index is 1.61. The fourth-order valence-corrected chi connectivity index (χ4v) is 7.07. The van der Waals surface area contributed by atoms with Crippen molar-refractivity contribution < 1.29 is 19.1 Å². The number of rotatable bonds is 8. The molecule has 4 heteroatoms. The molecule has 0 aromatic rings. The molecule has 0 aromatic carbocycles. The van der Waals surface area contributed by atoms with Gasteiger partial charge < -0.3 is 9.47 Å². The van der Waals surface area contributed by atoms with E-state index < -0.39 is 23.0 Å². The second kappa shape index (κ2) is 10.6. The van der Waals surface area contributed by atoms with Crippen LogP contribution in [0.2, 0.25) is 0 Å². The third-order valence-electron chi connectivity index (χ3n) is 10.2. The third kappa shape index (κ3) is 5.13. The standard InChI is InChI=1S/C35H50O4/c1-21(2)25-13-17-34(18-14-25,23(5)6)38-31(36)29-27-11-12-28(33(27,9)10)30(29)32(37)39-35(24(7)8)19-15-26(16-20-35)22(3)4/h11-17,19,21-24,27-30H,18,20H2,1-10H3. The summed E-state index contributed by atoms with van der Waals surface area (Å²) in [5.41, 5.74) is 0.902. The van der Waals surface area contributed by atoms with Gasteiger partial charge in [-0.25, -0.2) is 0 Å². The van der Waals surface area contributed by atoms with Crippen molar-refractivity contribution in [2.24, 2.45) is 52.8 Å². The molecular weight excluding hydrogens is 484 g/mol. The van der Waals surface area contributed by atoms with E-state index in [-0.39, 0.29) is 41.0 Å². The molecule has 0 aromatic heterocycles. The zero-order valence-electron chi connectivity index (χ0n) is 25.8. The van der Waals surface area contributed by atoms with E-state index in [1.54, 1.807) is 0 Å². The Labute approximate surface area is 236 Å². The molecule has 0 aliphatic heterocycles. The Kier molecular flexibility index (Phi) is 8.02. The van der Waals surface area contributed by atoms with Crippen molar-refractivity contribution in [1.29, 1.82) is 0 Å². The molecule has 2 bridgehead atoms. The lowest BCUT2D eigenvalue weighted by Gasteiger charge is -2.40. The van der Waals surface area contributed by atoms with Crippen molar-refractivity contribution in [2.45, 2.75) is 93.3 Å². The van der Waals surface area contributed by atoms with Gasteiger partial charge in [-0.1, -0.05) is 106 Å². The molecule has 0 spiro atoms. The van der Waals surface area contributed by atoms with Gasteiger partial charge in [-0.15, -0.1) is 0 Å². The topological polar surface area (TPSA) is 52.6 Å². The van der Waals surface area contributed by atoms with Crippen molar-refractivity contribution >= 4 is 11.9 Å². The maximum absolute atomic E-state index is 14.1. The number of carbonyl (C=O) groups excluding carboxylic acids is 2. The van der Waals surface area contributed by atoms with Gasteiger partial charge in [-0.3, -0.25) is 9.59 Å². The van der Waals surface area contributed by atoms with Crippen LogP contribution in [0.25, 0.3) is 0 Å². The predicted octanol–water partition coefficient (Wildman–Crippen LogP) is 8.02. The van der Waals surface area contributed by atoms with E-state index in [0.717, 1.165) is 0 Å². The highest BCUT2D eigenvalue weighted by Crippen LogP contribution is 2.60. The van der Waals surface area contributed by atoms with Crippen LogP contribution in [0.4, 0.5) is 0 Å². The van der Waals surface area contributed by atoms with E-state index in [1.807, 2.05) is 0 Å². The van der Waals surface area contributed by atoms with E-state index in [0.29, 0.717) is 24.7 Å².